The van der Waals surface area contributed by atoms with Crippen LogP contribution in [-0.4, -0.2) is 30.0 Å². The number of hydrogen-bond donors (Lipinski definition) is 4. The van der Waals surface area contributed by atoms with Gasteiger partial charge in [0.05, 0.1) is 18.3 Å². The first-order chi connectivity index (χ1) is 17.5. The highest BCUT2D eigenvalue weighted by Crippen LogP contribution is 2.44. The zero-order chi connectivity index (χ0) is 26.6. The van der Waals surface area contributed by atoms with Crippen LogP contribution in [0.2, 0.25) is 5.02 Å². The number of nitrogens with one attached hydrogen (secondary N) is 2. The molecule has 2 heterocycles. The molecule has 2 aliphatic heterocycles. The Hall–Kier alpha value is -3.67. The minimum Gasteiger partial charge on any atom is -0.377 e. The maximum absolute atomic E-state index is 14.0. The Morgan fingerprint density at radius 3 is 2.59 bits per heavy atom. The number of halogens is 5. The van der Waals surface area contributed by atoms with Gasteiger partial charge in [0.1, 0.15) is 11.6 Å². The maximum atomic E-state index is 14.0. The van der Waals surface area contributed by atoms with Gasteiger partial charge in [0, 0.05) is 39.5 Å². The van der Waals surface area contributed by atoms with E-state index < -0.39 is 53.7 Å². The van der Waals surface area contributed by atoms with E-state index in [-0.39, 0.29) is 39.6 Å². The van der Waals surface area contributed by atoms with E-state index in [0.717, 1.165) is 35.2 Å². The van der Waals surface area contributed by atoms with Crippen molar-refractivity contribution in [1.29, 1.82) is 0 Å². The molecule has 5 rings (SSSR count). The molecule has 0 bridgehead atoms. The van der Waals surface area contributed by atoms with Gasteiger partial charge < -0.3 is 21.5 Å². The molecule has 37 heavy (non-hydrogen) atoms. The van der Waals surface area contributed by atoms with E-state index in [0.29, 0.717) is 5.56 Å². The van der Waals surface area contributed by atoms with E-state index in [1.807, 2.05) is 0 Å². The summed E-state index contributed by atoms with van der Waals surface area (Å²) in [6.07, 6.45) is -3.31. The molecule has 192 valence electrons. The van der Waals surface area contributed by atoms with Crippen molar-refractivity contribution in [3.05, 3.63) is 93.0 Å². The smallest absolute Gasteiger partial charge is 0.326 e. The average molecular weight is 535 g/mol. The summed E-state index contributed by atoms with van der Waals surface area (Å²) >= 11 is 6.28. The second kappa shape index (κ2) is 9.02. The molecule has 0 radical (unpaired) electrons. The largest absolute Gasteiger partial charge is 0.377 e. The number of nitrogens with two attached hydrogens (primary N) is 1. The number of amides is 3. The number of carbonyl (C=O) groups is 2. The number of urea groups is 1. The number of carbonyl (C=O) groups excluding carboxylic acids is 2. The summed E-state index contributed by atoms with van der Waals surface area (Å²) in [4.78, 5) is 27.0. The van der Waals surface area contributed by atoms with Crippen LogP contribution in [0.1, 0.15) is 38.7 Å². The topological polar surface area (TPSA) is 108 Å². The van der Waals surface area contributed by atoms with Gasteiger partial charge in [-0.15, -0.1) is 0 Å². The third-order valence-corrected chi connectivity index (χ3v) is 6.86. The summed E-state index contributed by atoms with van der Waals surface area (Å²) < 4.78 is 55.4. The fraction of sp³-hybridized carbons (Fsp3) is 0.200. The molecule has 2 aliphatic rings. The summed E-state index contributed by atoms with van der Waals surface area (Å²) in [6.45, 7) is -0.837. The van der Waals surface area contributed by atoms with Crippen LogP contribution < -0.4 is 21.3 Å². The van der Waals surface area contributed by atoms with Gasteiger partial charge in [-0.2, -0.15) is 0 Å². The van der Waals surface area contributed by atoms with Crippen LogP contribution in [0.4, 0.5) is 33.7 Å². The highest BCUT2D eigenvalue weighted by Gasteiger charge is 2.50. The predicted molar refractivity (Wildman–Crippen MR) is 128 cm³/mol. The minimum atomic E-state index is -3.31. The Morgan fingerprint density at radius 1 is 1.19 bits per heavy atom. The molecule has 0 aliphatic carbocycles. The first-order valence-corrected chi connectivity index (χ1v) is 11.4. The zero-order valence-electron chi connectivity index (χ0n) is 18.9. The van der Waals surface area contributed by atoms with E-state index in [9.17, 15) is 32.3 Å². The monoisotopic (exact) mass is 534 g/mol. The molecule has 0 spiro atoms. The predicted octanol–water partition coefficient (Wildman–Crippen LogP) is 4.41. The van der Waals surface area contributed by atoms with Gasteiger partial charge in [-0.25, -0.2) is 22.4 Å². The van der Waals surface area contributed by atoms with Gasteiger partial charge in [0.2, 0.25) is 0 Å². The van der Waals surface area contributed by atoms with Gasteiger partial charge in [-0.05, 0) is 54.1 Å². The molecule has 0 saturated heterocycles. The van der Waals surface area contributed by atoms with Crippen molar-refractivity contribution in [2.45, 2.75) is 24.6 Å². The number of aliphatic hydroxyl groups is 1. The SMILES string of the molecule is NCc1cc(NC(=O)N2C[C@](O)(C(F)F)c3cc(F)ccc32)c2c(c1)C(=O)N[C@H]2c1cc(F)ccc1Cl. The molecule has 0 saturated carbocycles. The lowest BCUT2D eigenvalue weighted by molar-refractivity contribution is -0.0892. The molecule has 0 fully saturated rings. The molecule has 12 heteroatoms. The molecule has 7 nitrogen and oxygen atoms in total. The molecular weight excluding hydrogens is 516 g/mol. The van der Waals surface area contributed by atoms with Crippen molar-refractivity contribution in [2.24, 2.45) is 5.73 Å². The van der Waals surface area contributed by atoms with Gasteiger partial charge in [-0.1, -0.05) is 11.6 Å². The second-order valence-corrected chi connectivity index (χ2v) is 9.19. The van der Waals surface area contributed by atoms with E-state index in [1.165, 1.54) is 18.2 Å². The van der Waals surface area contributed by atoms with Gasteiger partial charge in [0.15, 0.2) is 5.60 Å². The van der Waals surface area contributed by atoms with Crippen molar-refractivity contribution >= 4 is 34.9 Å². The van der Waals surface area contributed by atoms with E-state index in [4.69, 9.17) is 17.3 Å². The Bertz CT molecular complexity index is 1450. The highest BCUT2D eigenvalue weighted by molar-refractivity contribution is 6.31. The molecule has 3 aromatic carbocycles. The number of β-amino-alcohol motifs (C(OH)–C–C–N with tert-alkyl or cyclic N) is 1. The molecule has 3 aromatic rings. The van der Waals surface area contributed by atoms with E-state index in [1.54, 1.807) is 0 Å². The number of benzene rings is 3. The van der Waals surface area contributed by atoms with Crippen LogP contribution in [-0.2, 0) is 12.1 Å². The van der Waals surface area contributed by atoms with Crippen molar-refractivity contribution in [3.63, 3.8) is 0 Å². The number of hydrogen-bond acceptors (Lipinski definition) is 4. The minimum absolute atomic E-state index is 0.00573. The zero-order valence-corrected chi connectivity index (χ0v) is 19.6. The Kier molecular flexibility index (Phi) is 6.09. The van der Waals surface area contributed by atoms with Crippen LogP contribution in [0.3, 0.4) is 0 Å². The van der Waals surface area contributed by atoms with Crippen LogP contribution in [0, 0.1) is 11.6 Å². The van der Waals surface area contributed by atoms with Gasteiger partial charge in [-0.3, -0.25) is 9.69 Å². The first kappa shape index (κ1) is 25.0. The van der Waals surface area contributed by atoms with Crippen LogP contribution in [0.15, 0.2) is 48.5 Å². The Labute approximate surface area is 212 Å². The molecule has 5 N–H and O–H groups in total. The number of anilines is 2. The number of rotatable bonds is 4. The normalized spacial score (nSPS) is 20.2. The van der Waals surface area contributed by atoms with E-state index >= 15 is 0 Å². The lowest BCUT2D eigenvalue weighted by Crippen LogP contribution is -2.43. The van der Waals surface area contributed by atoms with E-state index in [2.05, 4.69) is 10.6 Å². The third kappa shape index (κ3) is 4.08. The number of nitrogens with zero attached hydrogens (tertiary/aromatic N) is 1. The molecule has 2 atom stereocenters. The number of fused-ring (bicyclic) bond motifs is 2. The van der Waals surface area contributed by atoms with Crippen LogP contribution in [0.5, 0.6) is 0 Å². The Balaban J connectivity index is 1.58. The summed E-state index contributed by atoms with van der Waals surface area (Å²) in [7, 11) is 0. The lowest BCUT2D eigenvalue weighted by atomic mass is 9.94. The molecule has 3 amide bonds. The number of alkyl halides is 2. The highest BCUT2D eigenvalue weighted by atomic mass is 35.5. The molecule has 0 unspecified atom stereocenters. The summed E-state index contributed by atoms with van der Waals surface area (Å²) in [5, 5.41) is 16.1. The van der Waals surface area contributed by atoms with Crippen LogP contribution >= 0.6 is 11.6 Å². The first-order valence-electron chi connectivity index (χ1n) is 11.0. The fourth-order valence-corrected chi connectivity index (χ4v) is 4.96. The third-order valence-electron chi connectivity index (χ3n) is 6.52. The summed E-state index contributed by atoms with van der Waals surface area (Å²) in [6, 6.07) is 7.64. The maximum Gasteiger partial charge on any atom is 0.326 e. The van der Waals surface area contributed by atoms with Gasteiger partial charge in [0.25, 0.3) is 12.3 Å². The molecular formula is C25H19ClF4N4O3. The lowest BCUT2D eigenvalue weighted by Gasteiger charge is -2.24. The van der Waals surface area contributed by atoms with Crippen LogP contribution in [0.25, 0.3) is 0 Å². The van der Waals surface area contributed by atoms with Crippen molar-refractivity contribution < 1.29 is 32.3 Å². The summed E-state index contributed by atoms with van der Waals surface area (Å²) in [5.74, 6) is -1.97. The second-order valence-electron chi connectivity index (χ2n) is 8.78. The van der Waals surface area contributed by atoms with Crippen molar-refractivity contribution in [2.75, 3.05) is 16.8 Å². The average Bonchev–Trinajstić information content (AvgIpc) is 3.35. The Morgan fingerprint density at radius 2 is 1.89 bits per heavy atom. The standard InChI is InChI=1S/C25H19ClF4N4O3/c26-17-3-1-12(27)7-14(17)21-20-15(22(35)33-21)5-11(9-31)6-18(20)32-24(36)34-10-25(37,23(29)30)16-8-13(28)2-4-19(16)34/h1-8,21,23,37H,9-10,31H2,(H,32,36)(H,33,35)/t21-,25+/m0/s1. The quantitative estimate of drug-likeness (QED) is 0.372. The van der Waals surface area contributed by atoms with Crippen molar-refractivity contribution in [1.82, 2.24) is 5.32 Å². The molecule has 0 aromatic heterocycles. The van der Waals surface area contributed by atoms with Crippen molar-refractivity contribution in [3.8, 4) is 0 Å². The fourth-order valence-electron chi connectivity index (χ4n) is 4.74. The van der Waals surface area contributed by atoms with Gasteiger partial charge >= 0.3 is 6.03 Å². The summed E-state index contributed by atoms with van der Waals surface area (Å²) in [5.41, 5.74) is 3.69.